The molecule has 3 N–H and O–H groups in total. The van der Waals surface area contributed by atoms with E-state index in [1.807, 2.05) is 0 Å². The van der Waals surface area contributed by atoms with Gasteiger partial charge >= 0.3 is 0 Å². The van der Waals surface area contributed by atoms with E-state index in [1.54, 1.807) is 29.8 Å². The molecule has 4 aromatic rings. The van der Waals surface area contributed by atoms with Gasteiger partial charge in [-0.15, -0.1) is 11.3 Å². The number of aryl methyl sites for hydroxylation is 1. The van der Waals surface area contributed by atoms with Crippen molar-refractivity contribution in [2.75, 3.05) is 5.32 Å². The van der Waals surface area contributed by atoms with Crippen LogP contribution in [0.3, 0.4) is 0 Å². The molecule has 0 saturated heterocycles. The highest BCUT2D eigenvalue weighted by atomic mass is 32.1. The summed E-state index contributed by atoms with van der Waals surface area (Å²) in [5.41, 5.74) is 5.42. The Labute approximate surface area is 171 Å². The Morgan fingerprint density at radius 2 is 1.77 bits per heavy atom. The van der Waals surface area contributed by atoms with Crippen LogP contribution in [-0.4, -0.2) is 21.6 Å². The summed E-state index contributed by atoms with van der Waals surface area (Å²) < 4.78 is 42.5. The van der Waals surface area contributed by atoms with E-state index in [2.05, 4.69) is 10.4 Å². The van der Waals surface area contributed by atoms with Gasteiger partial charge in [-0.25, -0.2) is 17.9 Å². The molecular formula is C20H13F3N4O2S. The molecule has 0 spiro atoms. The van der Waals surface area contributed by atoms with Crippen molar-refractivity contribution in [1.29, 1.82) is 0 Å². The molecule has 2 heterocycles. The molecule has 0 fully saturated rings. The van der Waals surface area contributed by atoms with Gasteiger partial charge in [0.25, 0.3) is 11.8 Å². The highest BCUT2D eigenvalue weighted by Crippen LogP contribution is 2.31. The van der Waals surface area contributed by atoms with E-state index in [0.29, 0.717) is 27.7 Å². The van der Waals surface area contributed by atoms with E-state index < -0.39 is 29.0 Å². The summed E-state index contributed by atoms with van der Waals surface area (Å²) in [5, 5.41) is 7.44. The number of primary amides is 1. The van der Waals surface area contributed by atoms with Crippen LogP contribution in [0.2, 0.25) is 0 Å². The van der Waals surface area contributed by atoms with Crippen molar-refractivity contribution in [3.05, 3.63) is 76.1 Å². The largest absolute Gasteiger partial charge is 0.366 e. The van der Waals surface area contributed by atoms with Crippen molar-refractivity contribution < 1.29 is 22.8 Å². The van der Waals surface area contributed by atoms with E-state index in [1.165, 1.54) is 12.1 Å². The summed E-state index contributed by atoms with van der Waals surface area (Å²) in [5.74, 6) is -4.28. The number of anilines is 1. The molecule has 2 amide bonds. The number of halogens is 3. The maximum atomic E-state index is 14.0. The molecule has 0 aliphatic rings. The Bertz CT molecular complexity index is 1310. The fourth-order valence-corrected chi connectivity index (χ4v) is 4.01. The van der Waals surface area contributed by atoms with E-state index in [9.17, 15) is 22.8 Å². The lowest BCUT2D eigenvalue weighted by molar-refractivity contribution is 0.0992. The summed E-state index contributed by atoms with van der Waals surface area (Å²) in [6.45, 7) is 1.76. The quantitative estimate of drug-likeness (QED) is 0.509. The number of thiophene rings is 1. The molecular weight excluding hydrogens is 417 g/mol. The molecule has 2 aromatic heterocycles. The molecule has 30 heavy (non-hydrogen) atoms. The predicted molar refractivity (Wildman–Crippen MR) is 106 cm³/mol. The van der Waals surface area contributed by atoms with Crippen LogP contribution in [0.15, 0.2) is 42.5 Å². The van der Waals surface area contributed by atoms with Gasteiger partial charge in [0.15, 0.2) is 0 Å². The van der Waals surface area contributed by atoms with E-state index in [4.69, 9.17) is 5.73 Å². The third-order valence-corrected chi connectivity index (χ3v) is 5.52. The minimum atomic E-state index is -1.12. The van der Waals surface area contributed by atoms with E-state index in [-0.39, 0.29) is 16.4 Å². The van der Waals surface area contributed by atoms with Crippen molar-refractivity contribution >= 4 is 39.1 Å². The number of nitrogens with two attached hydrogens (primary N) is 1. The fraction of sp³-hybridized carbons (Fsp3) is 0.0500. The van der Waals surface area contributed by atoms with Gasteiger partial charge in [0, 0.05) is 11.5 Å². The van der Waals surface area contributed by atoms with Crippen LogP contribution >= 0.6 is 11.3 Å². The summed E-state index contributed by atoms with van der Waals surface area (Å²) in [6.07, 6.45) is 0. The maximum Gasteiger partial charge on any atom is 0.265 e. The number of fused-ring (bicyclic) bond motifs is 1. The van der Waals surface area contributed by atoms with Gasteiger partial charge < -0.3 is 11.1 Å². The van der Waals surface area contributed by atoms with Crippen LogP contribution < -0.4 is 11.1 Å². The monoisotopic (exact) mass is 430 g/mol. The summed E-state index contributed by atoms with van der Waals surface area (Å²) in [6, 6.07) is 8.63. The van der Waals surface area contributed by atoms with Crippen molar-refractivity contribution in [1.82, 2.24) is 9.78 Å². The van der Waals surface area contributed by atoms with Crippen molar-refractivity contribution in [2.24, 2.45) is 5.73 Å². The standard InChI is InChI=1S/C20H13F3N4O2S/c1-9-12-7-17(30-20(12)27(26-9)11-4-2-10(21)3-5-11)19(29)25-16-6-13(18(24)28)14(22)8-15(16)23/h2-8H,1H3,(H2,24,28)(H,25,29). The first-order chi connectivity index (χ1) is 14.2. The summed E-state index contributed by atoms with van der Waals surface area (Å²) in [4.78, 5) is 24.8. The molecule has 0 saturated carbocycles. The number of benzene rings is 2. The molecule has 0 aliphatic carbocycles. The SMILES string of the molecule is Cc1nn(-c2ccc(F)cc2)c2sc(C(=O)Nc3cc(C(N)=O)c(F)cc3F)cc12. The predicted octanol–water partition coefficient (Wildman–Crippen LogP) is 4.16. The Hall–Kier alpha value is -3.66. The Kier molecular flexibility index (Phi) is 4.78. The van der Waals surface area contributed by atoms with Crippen molar-refractivity contribution in [2.45, 2.75) is 6.92 Å². The molecule has 6 nitrogen and oxygen atoms in total. The third kappa shape index (κ3) is 3.41. The highest BCUT2D eigenvalue weighted by molar-refractivity contribution is 7.20. The van der Waals surface area contributed by atoms with Crippen LogP contribution in [0.4, 0.5) is 18.9 Å². The second kappa shape index (κ2) is 7.30. The normalized spacial score (nSPS) is 11.1. The van der Waals surface area contributed by atoms with E-state index in [0.717, 1.165) is 17.4 Å². The van der Waals surface area contributed by atoms with Crippen LogP contribution in [-0.2, 0) is 0 Å². The number of carbonyl (C=O) groups is 2. The maximum absolute atomic E-state index is 14.0. The Balaban J connectivity index is 1.70. The number of nitrogens with zero attached hydrogens (tertiary/aromatic N) is 2. The molecule has 4 rings (SSSR count). The zero-order valence-corrected chi connectivity index (χ0v) is 16.2. The molecule has 0 unspecified atom stereocenters. The number of hydrogen-bond donors (Lipinski definition) is 2. The van der Waals surface area contributed by atoms with Gasteiger partial charge in [-0.1, -0.05) is 0 Å². The Morgan fingerprint density at radius 3 is 2.43 bits per heavy atom. The second-order valence-electron chi connectivity index (χ2n) is 6.43. The molecule has 0 bridgehead atoms. The topological polar surface area (TPSA) is 90.0 Å². The van der Waals surface area contributed by atoms with Crippen molar-refractivity contribution in [3.8, 4) is 5.69 Å². The third-order valence-electron chi connectivity index (χ3n) is 4.41. The van der Waals surface area contributed by atoms with Gasteiger partial charge in [0.1, 0.15) is 22.3 Å². The first-order valence-corrected chi connectivity index (χ1v) is 9.41. The number of carbonyl (C=O) groups excluding carboxylic acids is 2. The molecule has 2 aromatic carbocycles. The molecule has 0 radical (unpaired) electrons. The second-order valence-corrected chi connectivity index (χ2v) is 7.46. The lowest BCUT2D eigenvalue weighted by atomic mass is 10.1. The molecule has 0 aliphatic heterocycles. The summed E-state index contributed by atoms with van der Waals surface area (Å²) >= 11 is 1.10. The van der Waals surface area contributed by atoms with E-state index >= 15 is 0 Å². The average molecular weight is 430 g/mol. The zero-order chi connectivity index (χ0) is 21.6. The number of amides is 2. The van der Waals surface area contributed by atoms with Gasteiger partial charge in [-0.3, -0.25) is 9.59 Å². The van der Waals surface area contributed by atoms with Crippen LogP contribution in [0, 0.1) is 24.4 Å². The first kappa shape index (κ1) is 19.6. The van der Waals surface area contributed by atoms with Crippen LogP contribution in [0.1, 0.15) is 25.7 Å². The summed E-state index contributed by atoms with van der Waals surface area (Å²) in [7, 11) is 0. The molecule has 0 atom stereocenters. The van der Waals surface area contributed by atoms with Gasteiger partial charge in [0.05, 0.1) is 27.5 Å². The minimum Gasteiger partial charge on any atom is -0.366 e. The number of rotatable bonds is 4. The van der Waals surface area contributed by atoms with Crippen LogP contribution in [0.5, 0.6) is 0 Å². The van der Waals surface area contributed by atoms with Crippen molar-refractivity contribution in [3.63, 3.8) is 0 Å². The minimum absolute atomic E-state index is 0.241. The van der Waals surface area contributed by atoms with Gasteiger partial charge in [-0.05, 0) is 43.3 Å². The molecule has 152 valence electrons. The number of nitrogens with one attached hydrogen (secondary N) is 1. The lowest BCUT2D eigenvalue weighted by Crippen LogP contribution is -2.16. The number of hydrogen-bond acceptors (Lipinski definition) is 4. The van der Waals surface area contributed by atoms with Gasteiger partial charge in [0.2, 0.25) is 0 Å². The van der Waals surface area contributed by atoms with Crippen LogP contribution in [0.25, 0.3) is 15.9 Å². The first-order valence-electron chi connectivity index (χ1n) is 8.60. The average Bonchev–Trinajstić information content (AvgIpc) is 3.25. The fourth-order valence-electron chi connectivity index (χ4n) is 2.93. The highest BCUT2D eigenvalue weighted by Gasteiger charge is 2.20. The molecule has 10 heteroatoms. The zero-order valence-electron chi connectivity index (χ0n) is 15.4. The Morgan fingerprint density at radius 1 is 1.07 bits per heavy atom. The smallest absolute Gasteiger partial charge is 0.265 e. The van der Waals surface area contributed by atoms with Gasteiger partial charge in [-0.2, -0.15) is 5.10 Å². The lowest BCUT2D eigenvalue weighted by Gasteiger charge is -2.07. The number of aromatic nitrogens is 2.